The third kappa shape index (κ3) is 2.21. The first-order valence-corrected chi connectivity index (χ1v) is 6.42. The zero-order chi connectivity index (χ0) is 9.97. The van der Waals surface area contributed by atoms with Crippen molar-refractivity contribution in [3.05, 3.63) is 12.7 Å². The molecule has 0 aromatic rings. The van der Waals surface area contributed by atoms with Crippen molar-refractivity contribution < 1.29 is 0 Å². The van der Waals surface area contributed by atoms with Crippen LogP contribution in [0.3, 0.4) is 0 Å². The minimum Gasteiger partial charge on any atom is -0.103 e. The smallest absolute Gasteiger partial charge is 0.0233 e. The molecule has 2 saturated carbocycles. The average Bonchev–Trinajstić information content (AvgIpc) is 2.37. The molecule has 2 rings (SSSR count). The molecule has 0 heterocycles. The maximum Gasteiger partial charge on any atom is -0.0233 e. The Morgan fingerprint density at radius 3 is 2.64 bits per heavy atom. The molecule has 0 aromatic carbocycles. The van der Waals surface area contributed by atoms with E-state index in [-0.39, 0.29) is 0 Å². The van der Waals surface area contributed by atoms with Crippen LogP contribution in [0.5, 0.6) is 0 Å². The summed E-state index contributed by atoms with van der Waals surface area (Å²) in [5, 5.41) is 0. The topological polar surface area (TPSA) is 0 Å². The van der Waals surface area contributed by atoms with E-state index in [1.54, 1.807) is 0 Å². The molecule has 0 spiro atoms. The standard InChI is InChI=1S/C14H24/c1-3-12-7-8-13-6-4-5-11(2)9-14(13)10-12/h3,11-14H,1,4-10H2,2H3. The molecule has 2 aliphatic rings. The van der Waals surface area contributed by atoms with Gasteiger partial charge < -0.3 is 0 Å². The highest BCUT2D eigenvalue weighted by Gasteiger charge is 2.31. The minimum atomic E-state index is 0.835. The molecule has 4 unspecified atom stereocenters. The van der Waals surface area contributed by atoms with Crippen LogP contribution >= 0.6 is 0 Å². The van der Waals surface area contributed by atoms with Gasteiger partial charge in [-0.25, -0.2) is 0 Å². The summed E-state index contributed by atoms with van der Waals surface area (Å²) in [5.74, 6) is 3.91. The first-order valence-electron chi connectivity index (χ1n) is 6.42. The normalized spacial score (nSPS) is 43.8. The summed E-state index contributed by atoms with van der Waals surface area (Å²) in [4.78, 5) is 0. The molecule has 14 heavy (non-hydrogen) atoms. The van der Waals surface area contributed by atoms with Crippen molar-refractivity contribution >= 4 is 0 Å². The highest BCUT2D eigenvalue weighted by molar-refractivity contribution is 4.89. The van der Waals surface area contributed by atoms with E-state index < -0.39 is 0 Å². The predicted octanol–water partition coefficient (Wildman–Crippen LogP) is 4.42. The molecule has 0 radical (unpaired) electrons. The maximum atomic E-state index is 3.96. The molecule has 0 bridgehead atoms. The Kier molecular flexibility index (Phi) is 3.30. The maximum absolute atomic E-state index is 3.96. The molecule has 0 aliphatic heterocycles. The fourth-order valence-electron chi connectivity index (χ4n) is 3.61. The van der Waals surface area contributed by atoms with Gasteiger partial charge in [0.2, 0.25) is 0 Å². The molecule has 0 N–H and O–H groups in total. The highest BCUT2D eigenvalue weighted by atomic mass is 14.4. The lowest BCUT2D eigenvalue weighted by molar-refractivity contribution is 0.182. The van der Waals surface area contributed by atoms with Crippen LogP contribution in [0.2, 0.25) is 0 Å². The Labute approximate surface area is 88.8 Å². The van der Waals surface area contributed by atoms with Crippen LogP contribution in [0, 0.1) is 23.7 Å². The van der Waals surface area contributed by atoms with Gasteiger partial charge in [0.05, 0.1) is 0 Å². The lowest BCUT2D eigenvalue weighted by Gasteiger charge is -2.34. The largest absolute Gasteiger partial charge is 0.103 e. The van der Waals surface area contributed by atoms with E-state index >= 15 is 0 Å². The second-order valence-corrected chi connectivity index (χ2v) is 5.60. The van der Waals surface area contributed by atoms with E-state index in [1.807, 2.05) is 0 Å². The summed E-state index contributed by atoms with van der Waals surface area (Å²) in [6.45, 7) is 6.41. The van der Waals surface area contributed by atoms with Crippen molar-refractivity contribution in [2.45, 2.75) is 51.9 Å². The van der Waals surface area contributed by atoms with Gasteiger partial charge in [0.25, 0.3) is 0 Å². The quantitative estimate of drug-likeness (QED) is 0.540. The number of rotatable bonds is 1. The van der Waals surface area contributed by atoms with Crippen molar-refractivity contribution in [1.29, 1.82) is 0 Å². The zero-order valence-corrected chi connectivity index (χ0v) is 9.54. The molecule has 0 nitrogen and oxygen atoms in total. The second kappa shape index (κ2) is 4.51. The van der Waals surface area contributed by atoms with E-state index in [0.717, 1.165) is 23.7 Å². The first-order chi connectivity index (χ1) is 6.79. The number of allylic oxidation sites excluding steroid dienone is 1. The zero-order valence-electron chi connectivity index (χ0n) is 9.54. The van der Waals surface area contributed by atoms with Gasteiger partial charge in [0.1, 0.15) is 0 Å². The fourth-order valence-corrected chi connectivity index (χ4v) is 3.61. The van der Waals surface area contributed by atoms with Crippen LogP contribution in [0.25, 0.3) is 0 Å². The first kappa shape index (κ1) is 10.3. The van der Waals surface area contributed by atoms with Crippen LogP contribution in [0.4, 0.5) is 0 Å². The Morgan fingerprint density at radius 1 is 1.00 bits per heavy atom. The molecule has 2 aliphatic carbocycles. The molecule has 2 fully saturated rings. The molecular formula is C14H24. The van der Waals surface area contributed by atoms with Crippen LogP contribution in [0.1, 0.15) is 51.9 Å². The average molecular weight is 192 g/mol. The number of fused-ring (bicyclic) bond motifs is 1. The Bertz CT molecular complexity index is 194. The molecule has 4 atom stereocenters. The third-order valence-corrected chi connectivity index (χ3v) is 4.49. The Morgan fingerprint density at radius 2 is 1.86 bits per heavy atom. The minimum absolute atomic E-state index is 0.835. The molecule has 80 valence electrons. The van der Waals surface area contributed by atoms with Gasteiger partial charge in [0, 0.05) is 0 Å². The van der Waals surface area contributed by atoms with E-state index in [2.05, 4.69) is 19.6 Å². The van der Waals surface area contributed by atoms with E-state index in [1.165, 1.54) is 44.9 Å². The van der Waals surface area contributed by atoms with Crippen LogP contribution < -0.4 is 0 Å². The Hall–Kier alpha value is -0.260. The molecular weight excluding hydrogens is 168 g/mol. The van der Waals surface area contributed by atoms with E-state index in [0.29, 0.717) is 0 Å². The molecule has 0 aromatic heterocycles. The van der Waals surface area contributed by atoms with Gasteiger partial charge >= 0.3 is 0 Å². The van der Waals surface area contributed by atoms with Gasteiger partial charge in [-0.1, -0.05) is 32.3 Å². The SMILES string of the molecule is C=CC1CCC2CCCC(C)CC2C1. The summed E-state index contributed by atoms with van der Waals surface area (Å²) in [6.07, 6.45) is 12.5. The monoisotopic (exact) mass is 192 g/mol. The fraction of sp³-hybridized carbons (Fsp3) is 0.857. The van der Waals surface area contributed by atoms with Crippen molar-refractivity contribution in [1.82, 2.24) is 0 Å². The van der Waals surface area contributed by atoms with Gasteiger partial charge in [-0.05, 0) is 49.4 Å². The summed E-state index contributed by atoms with van der Waals surface area (Å²) in [7, 11) is 0. The van der Waals surface area contributed by atoms with Crippen molar-refractivity contribution in [3.8, 4) is 0 Å². The number of hydrogen-bond acceptors (Lipinski definition) is 0. The summed E-state index contributed by atoms with van der Waals surface area (Å²) >= 11 is 0. The van der Waals surface area contributed by atoms with Gasteiger partial charge in [-0.2, -0.15) is 0 Å². The molecule has 0 saturated heterocycles. The number of hydrogen-bond donors (Lipinski definition) is 0. The summed E-state index contributed by atoms with van der Waals surface area (Å²) < 4.78 is 0. The molecule has 0 heteroatoms. The summed E-state index contributed by atoms with van der Waals surface area (Å²) in [6, 6.07) is 0. The van der Waals surface area contributed by atoms with Crippen molar-refractivity contribution in [2.24, 2.45) is 23.7 Å². The predicted molar refractivity (Wildman–Crippen MR) is 62.2 cm³/mol. The lowest BCUT2D eigenvalue weighted by atomic mass is 9.71. The Balaban J connectivity index is 1.98. The highest BCUT2D eigenvalue weighted by Crippen LogP contribution is 2.43. The van der Waals surface area contributed by atoms with Gasteiger partial charge in [-0.3, -0.25) is 0 Å². The van der Waals surface area contributed by atoms with Crippen LogP contribution in [-0.2, 0) is 0 Å². The third-order valence-electron chi connectivity index (χ3n) is 4.49. The van der Waals surface area contributed by atoms with Gasteiger partial charge in [-0.15, -0.1) is 6.58 Å². The van der Waals surface area contributed by atoms with Crippen LogP contribution in [0.15, 0.2) is 12.7 Å². The van der Waals surface area contributed by atoms with Gasteiger partial charge in [0.15, 0.2) is 0 Å². The second-order valence-electron chi connectivity index (χ2n) is 5.60. The lowest BCUT2D eigenvalue weighted by Crippen LogP contribution is -2.23. The van der Waals surface area contributed by atoms with E-state index in [9.17, 15) is 0 Å². The summed E-state index contributed by atoms with van der Waals surface area (Å²) in [5.41, 5.74) is 0. The molecule has 0 amide bonds. The van der Waals surface area contributed by atoms with E-state index in [4.69, 9.17) is 0 Å². The van der Waals surface area contributed by atoms with Crippen molar-refractivity contribution in [3.63, 3.8) is 0 Å². The van der Waals surface area contributed by atoms with Crippen molar-refractivity contribution in [2.75, 3.05) is 0 Å². The van der Waals surface area contributed by atoms with Crippen LogP contribution in [-0.4, -0.2) is 0 Å².